The van der Waals surface area contributed by atoms with Gasteiger partial charge in [0, 0.05) is 5.56 Å². The van der Waals surface area contributed by atoms with Crippen LogP contribution in [0.25, 0.3) is 0 Å². The first-order valence-corrected chi connectivity index (χ1v) is 4.85. The van der Waals surface area contributed by atoms with E-state index in [1.165, 1.54) is 12.1 Å². The Morgan fingerprint density at radius 3 is 2.00 bits per heavy atom. The van der Waals surface area contributed by atoms with Crippen LogP contribution in [0.2, 0.25) is 0 Å². The SMILES string of the molecule is CC(F)(CCN)c1ccccc1C(F)(F)F. The van der Waals surface area contributed by atoms with Crippen molar-refractivity contribution >= 4 is 0 Å². The van der Waals surface area contributed by atoms with E-state index in [-0.39, 0.29) is 18.5 Å². The van der Waals surface area contributed by atoms with E-state index in [9.17, 15) is 17.6 Å². The van der Waals surface area contributed by atoms with Crippen LogP contribution in [0, 0.1) is 0 Å². The lowest BCUT2D eigenvalue weighted by Gasteiger charge is -2.24. The van der Waals surface area contributed by atoms with Crippen molar-refractivity contribution in [1.29, 1.82) is 0 Å². The molecule has 0 aliphatic carbocycles. The van der Waals surface area contributed by atoms with E-state index in [1.807, 2.05) is 0 Å². The Labute approximate surface area is 91.3 Å². The maximum Gasteiger partial charge on any atom is 0.416 e. The van der Waals surface area contributed by atoms with E-state index in [2.05, 4.69) is 0 Å². The minimum Gasteiger partial charge on any atom is -0.330 e. The zero-order chi connectivity index (χ0) is 12.4. The molecule has 0 amide bonds. The second kappa shape index (κ2) is 4.41. The van der Waals surface area contributed by atoms with Crippen LogP contribution in [0.1, 0.15) is 24.5 Å². The smallest absolute Gasteiger partial charge is 0.330 e. The summed E-state index contributed by atoms with van der Waals surface area (Å²) < 4.78 is 51.9. The minimum atomic E-state index is -4.54. The van der Waals surface area contributed by atoms with Crippen molar-refractivity contribution in [1.82, 2.24) is 0 Å². The van der Waals surface area contributed by atoms with Gasteiger partial charge in [-0.15, -0.1) is 0 Å². The zero-order valence-electron chi connectivity index (χ0n) is 8.81. The largest absolute Gasteiger partial charge is 0.416 e. The number of rotatable bonds is 3. The van der Waals surface area contributed by atoms with E-state index in [0.29, 0.717) is 0 Å². The fourth-order valence-corrected chi connectivity index (χ4v) is 1.59. The van der Waals surface area contributed by atoms with Crippen LogP contribution in [0.5, 0.6) is 0 Å². The highest BCUT2D eigenvalue weighted by Crippen LogP contribution is 2.39. The molecule has 1 rings (SSSR count). The van der Waals surface area contributed by atoms with Crippen molar-refractivity contribution in [3.8, 4) is 0 Å². The number of nitrogens with two attached hydrogens (primary N) is 1. The molecule has 16 heavy (non-hydrogen) atoms. The van der Waals surface area contributed by atoms with Crippen molar-refractivity contribution < 1.29 is 17.6 Å². The third kappa shape index (κ3) is 2.72. The quantitative estimate of drug-likeness (QED) is 0.800. The highest BCUT2D eigenvalue weighted by molar-refractivity contribution is 5.34. The van der Waals surface area contributed by atoms with Gasteiger partial charge in [0.15, 0.2) is 0 Å². The number of benzene rings is 1. The third-order valence-electron chi connectivity index (χ3n) is 2.41. The van der Waals surface area contributed by atoms with E-state index < -0.39 is 17.4 Å². The van der Waals surface area contributed by atoms with Gasteiger partial charge in [0.1, 0.15) is 5.67 Å². The van der Waals surface area contributed by atoms with Gasteiger partial charge in [-0.05, 0) is 26.0 Å². The number of hydrogen-bond donors (Lipinski definition) is 1. The summed E-state index contributed by atoms with van der Waals surface area (Å²) in [4.78, 5) is 0. The summed E-state index contributed by atoms with van der Waals surface area (Å²) in [6.07, 6.45) is -4.68. The van der Waals surface area contributed by atoms with E-state index >= 15 is 0 Å². The lowest BCUT2D eigenvalue weighted by atomic mass is 9.90. The highest BCUT2D eigenvalue weighted by Gasteiger charge is 2.38. The monoisotopic (exact) mass is 235 g/mol. The van der Waals surface area contributed by atoms with Gasteiger partial charge >= 0.3 is 6.18 Å². The Kier molecular flexibility index (Phi) is 3.57. The molecule has 0 fully saturated rings. The molecule has 1 aromatic rings. The summed E-state index contributed by atoms with van der Waals surface area (Å²) in [7, 11) is 0. The molecule has 2 N–H and O–H groups in total. The van der Waals surface area contributed by atoms with Crippen LogP contribution in [-0.2, 0) is 11.8 Å². The Bertz CT molecular complexity index is 357. The Morgan fingerprint density at radius 2 is 1.56 bits per heavy atom. The number of alkyl halides is 4. The molecule has 1 unspecified atom stereocenters. The van der Waals surface area contributed by atoms with Gasteiger partial charge in [0.25, 0.3) is 0 Å². The second-order valence-corrected chi connectivity index (χ2v) is 3.78. The van der Waals surface area contributed by atoms with Gasteiger partial charge in [-0.25, -0.2) is 4.39 Å². The van der Waals surface area contributed by atoms with Crippen LogP contribution in [0.4, 0.5) is 17.6 Å². The third-order valence-corrected chi connectivity index (χ3v) is 2.41. The maximum absolute atomic E-state index is 14.0. The summed E-state index contributed by atoms with van der Waals surface area (Å²) in [5.74, 6) is 0. The molecule has 0 spiro atoms. The lowest BCUT2D eigenvalue weighted by molar-refractivity contribution is -0.139. The first-order chi connectivity index (χ1) is 7.29. The van der Waals surface area contributed by atoms with Gasteiger partial charge in [-0.1, -0.05) is 18.2 Å². The van der Waals surface area contributed by atoms with Gasteiger partial charge in [-0.2, -0.15) is 13.2 Å². The van der Waals surface area contributed by atoms with Gasteiger partial charge in [0.05, 0.1) is 5.56 Å². The van der Waals surface area contributed by atoms with Gasteiger partial charge in [0.2, 0.25) is 0 Å². The van der Waals surface area contributed by atoms with E-state index in [1.54, 1.807) is 0 Å². The highest BCUT2D eigenvalue weighted by atomic mass is 19.4. The fraction of sp³-hybridized carbons (Fsp3) is 0.455. The lowest BCUT2D eigenvalue weighted by Crippen LogP contribution is -2.24. The van der Waals surface area contributed by atoms with Crippen molar-refractivity contribution in [2.45, 2.75) is 25.2 Å². The average Bonchev–Trinajstić information content (AvgIpc) is 2.16. The zero-order valence-corrected chi connectivity index (χ0v) is 8.81. The molecule has 0 saturated heterocycles. The van der Waals surface area contributed by atoms with Gasteiger partial charge < -0.3 is 5.73 Å². The van der Waals surface area contributed by atoms with E-state index in [4.69, 9.17) is 5.73 Å². The van der Waals surface area contributed by atoms with Crippen molar-refractivity contribution in [3.05, 3.63) is 35.4 Å². The van der Waals surface area contributed by atoms with Crippen LogP contribution >= 0.6 is 0 Å². The minimum absolute atomic E-state index is 0.000802. The molecule has 1 nitrogen and oxygen atoms in total. The van der Waals surface area contributed by atoms with Crippen LogP contribution in [0.15, 0.2) is 24.3 Å². The summed E-state index contributed by atoms with van der Waals surface area (Å²) >= 11 is 0. The van der Waals surface area contributed by atoms with Crippen molar-refractivity contribution in [3.63, 3.8) is 0 Å². The van der Waals surface area contributed by atoms with Crippen LogP contribution in [0.3, 0.4) is 0 Å². The molecule has 0 heterocycles. The normalized spacial score (nSPS) is 15.9. The molecular formula is C11H13F4N. The topological polar surface area (TPSA) is 26.0 Å². The second-order valence-electron chi connectivity index (χ2n) is 3.78. The molecule has 5 heteroatoms. The summed E-state index contributed by atoms with van der Waals surface area (Å²) in [6.45, 7) is 1.11. The number of hydrogen-bond acceptors (Lipinski definition) is 1. The molecule has 0 saturated carbocycles. The maximum atomic E-state index is 14.0. The molecule has 1 atom stereocenters. The van der Waals surface area contributed by atoms with Crippen LogP contribution < -0.4 is 5.73 Å². The molecule has 0 aliphatic rings. The van der Waals surface area contributed by atoms with Crippen LogP contribution in [-0.4, -0.2) is 6.54 Å². The molecule has 0 aliphatic heterocycles. The molecular weight excluding hydrogens is 222 g/mol. The molecule has 0 bridgehead atoms. The summed E-state index contributed by atoms with van der Waals surface area (Å²) in [5, 5.41) is 0. The first-order valence-electron chi connectivity index (χ1n) is 4.85. The Morgan fingerprint density at radius 1 is 1.06 bits per heavy atom. The predicted molar refractivity (Wildman–Crippen MR) is 53.6 cm³/mol. The predicted octanol–water partition coefficient (Wildman–Crippen LogP) is 3.24. The molecule has 1 aromatic carbocycles. The summed E-state index contributed by atoms with van der Waals surface area (Å²) in [6, 6.07) is 4.66. The molecule has 0 aromatic heterocycles. The van der Waals surface area contributed by atoms with E-state index in [0.717, 1.165) is 19.1 Å². The van der Waals surface area contributed by atoms with Gasteiger partial charge in [-0.3, -0.25) is 0 Å². The molecule has 0 radical (unpaired) electrons. The van der Waals surface area contributed by atoms with Crippen molar-refractivity contribution in [2.24, 2.45) is 5.73 Å². The number of halogens is 4. The standard InChI is InChI=1S/C11H13F4N/c1-10(12,6-7-16)8-4-2-3-5-9(8)11(13,14)15/h2-5H,6-7,16H2,1H3. The van der Waals surface area contributed by atoms with Crippen molar-refractivity contribution in [2.75, 3.05) is 6.54 Å². The average molecular weight is 235 g/mol. The first kappa shape index (κ1) is 13.0. The Hall–Kier alpha value is -1.10. The Balaban J connectivity index is 3.23. The molecule has 90 valence electrons. The summed E-state index contributed by atoms with van der Waals surface area (Å²) in [5.41, 5.74) is 1.84. The fourth-order valence-electron chi connectivity index (χ4n) is 1.59.